The van der Waals surface area contributed by atoms with Gasteiger partial charge in [0.2, 0.25) is 5.91 Å². The molecule has 1 atom stereocenters. The molecule has 3 nitrogen and oxygen atoms in total. The molecule has 2 aromatic rings. The first kappa shape index (κ1) is 13.3. The standard InChI is InChI=1S/C16H18N2OS/c1-11-4-3-5-13(6-11)16-17-7-15(19)18(16)8-14-10-20-9-12(14)2/h3-6,9-10,16-17H,7-8H2,1-2H3. The van der Waals surface area contributed by atoms with Crippen LogP contribution in [0.3, 0.4) is 0 Å². The van der Waals surface area contributed by atoms with Crippen LogP contribution in [0.4, 0.5) is 0 Å². The lowest BCUT2D eigenvalue weighted by molar-refractivity contribution is -0.128. The molecule has 20 heavy (non-hydrogen) atoms. The van der Waals surface area contributed by atoms with E-state index in [1.807, 2.05) is 11.0 Å². The van der Waals surface area contributed by atoms with Gasteiger partial charge in [0.05, 0.1) is 6.54 Å². The third-order valence-electron chi connectivity index (χ3n) is 3.74. The van der Waals surface area contributed by atoms with Crippen molar-refractivity contribution >= 4 is 17.2 Å². The number of rotatable bonds is 3. The van der Waals surface area contributed by atoms with E-state index in [9.17, 15) is 4.79 Å². The largest absolute Gasteiger partial charge is 0.317 e. The summed E-state index contributed by atoms with van der Waals surface area (Å²) in [5.41, 5.74) is 4.88. The molecule has 1 aromatic heterocycles. The van der Waals surface area contributed by atoms with E-state index in [0.717, 1.165) is 5.56 Å². The normalized spacial score (nSPS) is 18.8. The molecule has 4 heteroatoms. The van der Waals surface area contributed by atoms with Crippen molar-refractivity contribution in [1.29, 1.82) is 0 Å². The minimum absolute atomic E-state index is 0.0123. The Morgan fingerprint density at radius 1 is 1.35 bits per heavy atom. The number of hydrogen-bond donors (Lipinski definition) is 1. The van der Waals surface area contributed by atoms with Gasteiger partial charge in [-0.1, -0.05) is 29.8 Å². The van der Waals surface area contributed by atoms with E-state index in [2.05, 4.69) is 48.1 Å². The van der Waals surface area contributed by atoms with E-state index in [1.165, 1.54) is 16.7 Å². The highest BCUT2D eigenvalue weighted by molar-refractivity contribution is 7.08. The van der Waals surface area contributed by atoms with Crippen LogP contribution in [0.1, 0.15) is 28.4 Å². The molecule has 104 valence electrons. The summed E-state index contributed by atoms with van der Waals surface area (Å²) in [4.78, 5) is 14.1. The van der Waals surface area contributed by atoms with Gasteiger partial charge in [0.25, 0.3) is 0 Å². The fraction of sp³-hybridized carbons (Fsp3) is 0.312. The average molecular weight is 286 g/mol. The van der Waals surface area contributed by atoms with E-state index in [0.29, 0.717) is 13.1 Å². The number of nitrogens with zero attached hydrogens (tertiary/aromatic N) is 1. The molecule has 0 bridgehead atoms. The Bertz CT molecular complexity index is 635. The molecule has 0 spiro atoms. The molecular formula is C16H18N2OS. The molecule has 3 rings (SSSR count). The molecule has 1 N–H and O–H groups in total. The summed E-state index contributed by atoms with van der Waals surface area (Å²) in [5.74, 6) is 0.169. The van der Waals surface area contributed by atoms with Gasteiger partial charge < -0.3 is 4.90 Å². The summed E-state index contributed by atoms with van der Waals surface area (Å²) >= 11 is 1.69. The van der Waals surface area contributed by atoms with E-state index in [4.69, 9.17) is 0 Å². The maximum Gasteiger partial charge on any atom is 0.238 e. The minimum Gasteiger partial charge on any atom is -0.317 e. The van der Waals surface area contributed by atoms with Gasteiger partial charge in [0.15, 0.2) is 0 Å². The predicted molar refractivity (Wildman–Crippen MR) is 81.5 cm³/mol. The Kier molecular flexibility index (Phi) is 3.59. The van der Waals surface area contributed by atoms with Crippen molar-refractivity contribution < 1.29 is 4.79 Å². The van der Waals surface area contributed by atoms with Crippen LogP contribution in [0.2, 0.25) is 0 Å². The molecule has 2 heterocycles. The summed E-state index contributed by atoms with van der Waals surface area (Å²) in [6.45, 7) is 5.27. The van der Waals surface area contributed by atoms with Crippen molar-refractivity contribution in [2.45, 2.75) is 26.6 Å². The number of hydrogen-bond acceptors (Lipinski definition) is 3. The molecule has 0 saturated carbocycles. The van der Waals surface area contributed by atoms with Crippen molar-refractivity contribution in [3.05, 3.63) is 57.3 Å². The number of carbonyl (C=O) groups excluding carboxylic acids is 1. The molecule has 0 radical (unpaired) electrons. The quantitative estimate of drug-likeness (QED) is 0.940. The Morgan fingerprint density at radius 2 is 2.20 bits per heavy atom. The average Bonchev–Trinajstić information content (AvgIpc) is 2.98. The first-order valence-corrected chi connectivity index (χ1v) is 7.70. The van der Waals surface area contributed by atoms with Crippen LogP contribution in [0.25, 0.3) is 0 Å². The molecule has 1 aromatic carbocycles. The molecule has 0 aliphatic carbocycles. The van der Waals surface area contributed by atoms with Crippen LogP contribution >= 0.6 is 11.3 Å². The zero-order valence-corrected chi connectivity index (χ0v) is 12.5. The van der Waals surface area contributed by atoms with E-state index in [1.54, 1.807) is 11.3 Å². The van der Waals surface area contributed by atoms with Crippen molar-refractivity contribution in [2.24, 2.45) is 0 Å². The van der Waals surface area contributed by atoms with Crippen molar-refractivity contribution in [2.75, 3.05) is 6.54 Å². The Labute approximate surface area is 123 Å². The third kappa shape index (κ3) is 2.49. The number of nitrogens with one attached hydrogen (secondary N) is 1. The lowest BCUT2D eigenvalue weighted by atomic mass is 10.1. The van der Waals surface area contributed by atoms with Crippen LogP contribution in [0.15, 0.2) is 35.0 Å². The fourth-order valence-corrected chi connectivity index (χ4v) is 3.44. The SMILES string of the molecule is Cc1cccc(C2NCC(=O)N2Cc2cscc2C)c1. The predicted octanol–water partition coefficient (Wildman–Crippen LogP) is 3.00. The van der Waals surface area contributed by atoms with Gasteiger partial charge in [-0.15, -0.1) is 0 Å². The third-order valence-corrected chi connectivity index (χ3v) is 4.65. The highest BCUT2D eigenvalue weighted by Crippen LogP contribution is 2.26. The summed E-state index contributed by atoms with van der Waals surface area (Å²) in [5, 5.41) is 7.57. The lowest BCUT2D eigenvalue weighted by Gasteiger charge is -2.25. The van der Waals surface area contributed by atoms with E-state index < -0.39 is 0 Å². The summed E-state index contributed by atoms with van der Waals surface area (Å²) in [6, 6.07) is 8.34. The smallest absolute Gasteiger partial charge is 0.238 e. The fourth-order valence-electron chi connectivity index (χ4n) is 2.59. The topological polar surface area (TPSA) is 32.3 Å². The van der Waals surface area contributed by atoms with Gasteiger partial charge in [-0.25, -0.2) is 0 Å². The van der Waals surface area contributed by atoms with Gasteiger partial charge in [0.1, 0.15) is 6.17 Å². The zero-order valence-electron chi connectivity index (χ0n) is 11.7. The van der Waals surface area contributed by atoms with Gasteiger partial charge >= 0.3 is 0 Å². The van der Waals surface area contributed by atoms with E-state index >= 15 is 0 Å². The van der Waals surface area contributed by atoms with E-state index in [-0.39, 0.29) is 12.1 Å². The van der Waals surface area contributed by atoms with Crippen LogP contribution in [0.5, 0.6) is 0 Å². The van der Waals surface area contributed by atoms with Crippen molar-refractivity contribution in [3.8, 4) is 0 Å². The summed E-state index contributed by atoms with van der Waals surface area (Å²) < 4.78 is 0. The number of thiophene rings is 1. The van der Waals surface area contributed by atoms with Crippen LogP contribution in [-0.4, -0.2) is 17.4 Å². The Morgan fingerprint density at radius 3 is 2.90 bits per heavy atom. The first-order chi connectivity index (χ1) is 9.65. The van der Waals surface area contributed by atoms with Gasteiger partial charge in [0, 0.05) is 6.54 Å². The monoisotopic (exact) mass is 286 g/mol. The first-order valence-electron chi connectivity index (χ1n) is 6.76. The maximum atomic E-state index is 12.1. The molecule has 1 fully saturated rings. The maximum absolute atomic E-state index is 12.1. The second kappa shape index (κ2) is 5.38. The molecular weight excluding hydrogens is 268 g/mol. The van der Waals surface area contributed by atoms with Crippen LogP contribution < -0.4 is 5.32 Å². The number of benzene rings is 1. The Hall–Kier alpha value is -1.65. The van der Waals surface area contributed by atoms with Crippen molar-refractivity contribution in [1.82, 2.24) is 10.2 Å². The highest BCUT2D eigenvalue weighted by Gasteiger charge is 2.31. The van der Waals surface area contributed by atoms with Gasteiger partial charge in [-0.2, -0.15) is 11.3 Å². The van der Waals surface area contributed by atoms with Crippen LogP contribution in [0, 0.1) is 13.8 Å². The highest BCUT2D eigenvalue weighted by atomic mass is 32.1. The Balaban J connectivity index is 1.87. The van der Waals surface area contributed by atoms with Crippen molar-refractivity contribution in [3.63, 3.8) is 0 Å². The zero-order chi connectivity index (χ0) is 14.1. The van der Waals surface area contributed by atoms with Crippen LogP contribution in [-0.2, 0) is 11.3 Å². The van der Waals surface area contributed by atoms with Gasteiger partial charge in [-0.05, 0) is 41.3 Å². The molecule has 1 saturated heterocycles. The lowest BCUT2D eigenvalue weighted by Crippen LogP contribution is -2.29. The summed E-state index contributed by atoms with van der Waals surface area (Å²) in [6.07, 6.45) is -0.0123. The number of carbonyl (C=O) groups is 1. The second-order valence-corrected chi connectivity index (χ2v) is 6.04. The second-order valence-electron chi connectivity index (χ2n) is 5.30. The molecule has 1 aliphatic heterocycles. The van der Waals surface area contributed by atoms with Gasteiger partial charge in [-0.3, -0.25) is 10.1 Å². The minimum atomic E-state index is -0.0123. The molecule has 1 aliphatic rings. The summed E-state index contributed by atoms with van der Waals surface area (Å²) in [7, 11) is 0. The molecule has 1 unspecified atom stereocenters. The number of amides is 1. The number of aryl methyl sites for hydroxylation is 2. The molecule has 1 amide bonds.